The van der Waals surface area contributed by atoms with E-state index < -0.39 is 0 Å². The van der Waals surface area contributed by atoms with Gasteiger partial charge in [0.25, 0.3) is 5.91 Å². The lowest BCUT2D eigenvalue weighted by Gasteiger charge is -2.09. The summed E-state index contributed by atoms with van der Waals surface area (Å²) in [6.07, 6.45) is 2.51. The van der Waals surface area contributed by atoms with Crippen LogP contribution >= 0.6 is 31.9 Å². The van der Waals surface area contributed by atoms with Crippen LogP contribution in [0.3, 0.4) is 0 Å². The Hall–Kier alpha value is -1.86. The molecule has 0 heterocycles. The fraction of sp³-hybridized carbons (Fsp3) is 0.263. The minimum absolute atomic E-state index is 0.285. The number of carbonyl (C=O) groups is 1. The highest BCUT2D eigenvalue weighted by atomic mass is 79.9. The monoisotopic (exact) mass is 482 g/mol. The predicted octanol–water partition coefficient (Wildman–Crippen LogP) is 5.16. The molecule has 0 saturated heterocycles. The van der Waals surface area contributed by atoms with Gasteiger partial charge in [0.15, 0.2) is 0 Å². The summed E-state index contributed by atoms with van der Waals surface area (Å²) in [5, 5.41) is 4.01. The maximum Gasteiger partial charge on any atom is 0.271 e. The number of amides is 1. The summed E-state index contributed by atoms with van der Waals surface area (Å²) in [6.45, 7) is 5.19. The van der Waals surface area contributed by atoms with Crippen molar-refractivity contribution in [3.8, 4) is 11.5 Å². The van der Waals surface area contributed by atoms with Crippen LogP contribution in [0.1, 0.15) is 36.2 Å². The van der Waals surface area contributed by atoms with Crippen molar-refractivity contribution < 1.29 is 14.3 Å². The van der Waals surface area contributed by atoms with Crippen LogP contribution in [0.15, 0.2) is 50.4 Å². The first-order valence-electron chi connectivity index (χ1n) is 8.23. The van der Waals surface area contributed by atoms with Crippen molar-refractivity contribution >= 4 is 44.0 Å². The first-order chi connectivity index (χ1) is 12.5. The largest absolute Gasteiger partial charge is 0.494 e. The second kappa shape index (κ2) is 10.3. The Morgan fingerprint density at radius 1 is 1.12 bits per heavy atom. The van der Waals surface area contributed by atoms with Gasteiger partial charge in [0, 0.05) is 5.56 Å². The molecule has 0 atom stereocenters. The third kappa shape index (κ3) is 5.85. The number of carbonyl (C=O) groups excluding carboxylic acids is 1. The molecule has 5 nitrogen and oxygen atoms in total. The van der Waals surface area contributed by atoms with Crippen LogP contribution in [0, 0.1) is 0 Å². The molecule has 26 heavy (non-hydrogen) atoms. The molecular formula is C19H20Br2N2O3. The molecule has 2 rings (SSSR count). The van der Waals surface area contributed by atoms with Gasteiger partial charge in [-0.2, -0.15) is 5.10 Å². The summed E-state index contributed by atoms with van der Waals surface area (Å²) in [4.78, 5) is 12.1. The minimum Gasteiger partial charge on any atom is -0.494 e. The number of hydrazone groups is 1. The molecule has 0 fully saturated rings. The second-order valence-electron chi connectivity index (χ2n) is 5.32. The van der Waals surface area contributed by atoms with E-state index in [0.717, 1.165) is 32.4 Å². The van der Waals surface area contributed by atoms with E-state index in [2.05, 4.69) is 42.4 Å². The number of nitrogens with one attached hydrogen (secondary N) is 1. The van der Waals surface area contributed by atoms with E-state index in [4.69, 9.17) is 9.47 Å². The Morgan fingerprint density at radius 2 is 1.77 bits per heavy atom. The van der Waals surface area contributed by atoms with E-state index in [1.807, 2.05) is 26.0 Å². The lowest BCUT2D eigenvalue weighted by atomic mass is 10.2. The summed E-state index contributed by atoms with van der Waals surface area (Å²) >= 11 is 6.93. The van der Waals surface area contributed by atoms with Gasteiger partial charge in [-0.3, -0.25) is 4.79 Å². The van der Waals surface area contributed by atoms with Gasteiger partial charge in [-0.25, -0.2) is 5.43 Å². The highest BCUT2D eigenvalue weighted by Crippen LogP contribution is 2.34. The lowest BCUT2D eigenvalue weighted by molar-refractivity contribution is 0.0955. The van der Waals surface area contributed by atoms with Crippen molar-refractivity contribution in [2.45, 2.75) is 20.3 Å². The van der Waals surface area contributed by atoms with Crippen molar-refractivity contribution in [3.05, 3.63) is 56.5 Å². The number of hydrogen-bond donors (Lipinski definition) is 1. The zero-order valence-corrected chi connectivity index (χ0v) is 17.8. The van der Waals surface area contributed by atoms with Gasteiger partial charge in [-0.1, -0.05) is 6.92 Å². The van der Waals surface area contributed by atoms with Gasteiger partial charge in [0.1, 0.15) is 11.5 Å². The van der Waals surface area contributed by atoms with Crippen LogP contribution in [-0.4, -0.2) is 25.3 Å². The van der Waals surface area contributed by atoms with Crippen molar-refractivity contribution in [1.82, 2.24) is 5.43 Å². The fourth-order valence-electron chi connectivity index (χ4n) is 2.09. The number of nitrogens with zero attached hydrogens (tertiary/aromatic N) is 1. The molecule has 138 valence electrons. The Balaban J connectivity index is 1.98. The second-order valence-corrected chi connectivity index (χ2v) is 7.03. The standard InChI is InChI=1S/C19H20Br2N2O3/c1-3-9-26-15-7-5-14(6-8-15)19(24)23-22-12-13-10-16(20)18(25-4-2)17(21)11-13/h5-8,10-12H,3-4,9H2,1-2H3,(H,23,24)/b22-12-. The molecule has 0 unspecified atom stereocenters. The van der Waals surface area contributed by atoms with Crippen LogP contribution in [-0.2, 0) is 0 Å². The molecule has 0 aromatic heterocycles. The number of hydrogen-bond acceptors (Lipinski definition) is 4. The molecule has 0 spiro atoms. The Labute approximate surface area is 170 Å². The predicted molar refractivity (Wildman–Crippen MR) is 110 cm³/mol. The molecule has 0 saturated carbocycles. The maximum absolute atomic E-state index is 12.1. The van der Waals surface area contributed by atoms with Crippen LogP contribution in [0.5, 0.6) is 11.5 Å². The first-order valence-corrected chi connectivity index (χ1v) is 9.81. The van der Waals surface area contributed by atoms with Gasteiger partial charge in [0.2, 0.25) is 0 Å². The van der Waals surface area contributed by atoms with E-state index in [9.17, 15) is 4.79 Å². The highest BCUT2D eigenvalue weighted by Gasteiger charge is 2.08. The highest BCUT2D eigenvalue weighted by molar-refractivity contribution is 9.11. The van der Waals surface area contributed by atoms with E-state index in [0.29, 0.717) is 18.8 Å². The normalized spacial score (nSPS) is 10.8. The third-order valence-corrected chi connectivity index (χ3v) is 4.46. The fourth-order valence-corrected chi connectivity index (χ4v) is 3.54. The molecule has 0 aliphatic heterocycles. The summed E-state index contributed by atoms with van der Waals surface area (Å²) in [5.41, 5.74) is 3.85. The topological polar surface area (TPSA) is 59.9 Å². The van der Waals surface area contributed by atoms with Gasteiger partial charge < -0.3 is 9.47 Å². The smallest absolute Gasteiger partial charge is 0.271 e. The molecule has 1 N–H and O–H groups in total. The number of benzene rings is 2. The van der Waals surface area contributed by atoms with E-state index in [1.165, 1.54) is 0 Å². The minimum atomic E-state index is -0.285. The summed E-state index contributed by atoms with van der Waals surface area (Å²) in [6, 6.07) is 10.7. The third-order valence-electron chi connectivity index (χ3n) is 3.28. The molecule has 2 aromatic rings. The number of rotatable bonds is 8. The zero-order chi connectivity index (χ0) is 18.9. The Morgan fingerprint density at radius 3 is 2.35 bits per heavy atom. The van der Waals surface area contributed by atoms with Crippen LogP contribution in [0.25, 0.3) is 0 Å². The molecule has 7 heteroatoms. The van der Waals surface area contributed by atoms with E-state index in [1.54, 1.807) is 30.5 Å². The number of ether oxygens (including phenoxy) is 2. The maximum atomic E-state index is 12.1. The molecule has 0 aliphatic rings. The molecule has 1 amide bonds. The summed E-state index contributed by atoms with van der Waals surface area (Å²) in [7, 11) is 0. The Kier molecular flexibility index (Phi) is 8.12. The van der Waals surface area contributed by atoms with Crippen LogP contribution in [0.2, 0.25) is 0 Å². The van der Waals surface area contributed by atoms with Gasteiger partial charge in [0.05, 0.1) is 28.4 Å². The average Bonchev–Trinajstić information content (AvgIpc) is 2.63. The van der Waals surface area contributed by atoms with Crippen molar-refractivity contribution in [2.75, 3.05) is 13.2 Å². The van der Waals surface area contributed by atoms with Crippen molar-refractivity contribution in [2.24, 2.45) is 5.10 Å². The SMILES string of the molecule is CCCOc1ccc(C(=O)N/N=C\c2cc(Br)c(OCC)c(Br)c2)cc1. The molecule has 2 aromatic carbocycles. The van der Waals surface area contributed by atoms with Gasteiger partial charge >= 0.3 is 0 Å². The van der Waals surface area contributed by atoms with E-state index in [-0.39, 0.29) is 5.91 Å². The molecule has 0 radical (unpaired) electrons. The quantitative estimate of drug-likeness (QED) is 0.416. The van der Waals surface area contributed by atoms with Crippen molar-refractivity contribution in [1.29, 1.82) is 0 Å². The summed E-state index contributed by atoms with van der Waals surface area (Å²) in [5.74, 6) is 1.20. The van der Waals surface area contributed by atoms with Crippen LogP contribution < -0.4 is 14.9 Å². The number of halogens is 2. The zero-order valence-electron chi connectivity index (χ0n) is 14.6. The Bertz CT molecular complexity index is 754. The van der Waals surface area contributed by atoms with Crippen LogP contribution in [0.4, 0.5) is 0 Å². The average molecular weight is 484 g/mol. The molecular weight excluding hydrogens is 464 g/mol. The van der Waals surface area contributed by atoms with Crippen molar-refractivity contribution in [3.63, 3.8) is 0 Å². The van der Waals surface area contributed by atoms with Gasteiger partial charge in [-0.15, -0.1) is 0 Å². The molecule has 0 bridgehead atoms. The summed E-state index contributed by atoms with van der Waals surface area (Å²) < 4.78 is 12.7. The van der Waals surface area contributed by atoms with E-state index >= 15 is 0 Å². The molecule has 0 aliphatic carbocycles. The first kappa shape index (κ1) is 20.5. The van der Waals surface area contributed by atoms with Gasteiger partial charge in [-0.05, 0) is 87.2 Å². The lowest BCUT2D eigenvalue weighted by Crippen LogP contribution is -2.17.